The van der Waals surface area contributed by atoms with Crippen LogP contribution in [0.4, 0.5) is 0 Å². The molecule has 1 aliphatic carbocycles. The Bertz CT molecular complexity index is 1260. The molecule has 2 aliphatic rings. The summed E-state index contributed by atoms with van der Waals surface area (Å²) in [5.41, 5.74) is 1.93. The first-order chi connectivity index (χ1) is 15.3. The van der Waals surface area contributed by atoms with Crippen molar-refractivity contribution in [3.05, 3.63) is 69.6 Å². The Morgan fingerprint density at radius 1 is 1.06 bits per heavy atom. The maximum Gasteiger partial charge on any atom is 0.197 e. The molecule has 0 unspecified atom stereocenters. The number of carbonyl (C=O) groups excluding carboxylic acids is 2. The van der Waals surface area contributed by atoms with Gasteiger partial charge in [-0.15, -0.1) is 0 Å². The Morgan fingerprint density at radius 2 is 1.81 bits per heavy atom. The van der Waals surface area contributed by atoms with Crippen LogP contribution in [0.1, 0.15) is 47.2 Å². The fourth-order valence-electron chi connectivity index (χ4n) is 4.15. The van der Waals surface area contributed by atoms with Crippen molar-refractivity contribution in [1.82, 2.24) is 0 Å². The van der Waals surface area contributed by atoms with E-state index in [0.717, 1.165) is 9.80 Å². The van der Waals surface area contributed by atoms with Crippen LogP contribution in [0.5, 0.6) is 0 Å². The highest BCUT2D eigenvalue weighted by Gasteiger charge is 2.34. The first kappa shape index (κ1) is 22.5. The lowest BCUT2D eigenvalue weighted by molar-refractivity contribution is -0.115. The number of nitrogens with zero attached hydrogens (tertiary/aromatic N) is 1. The molecule has 6 nitrogen and oxygen atoms in total. The van der Waals surface area contributed by atoms with Gasteiger partial charge in [0.2, 0.25) is 0 Å². The van der Waals surface area contributed by atoms with Crippen molar-refractivity contribution in [2.75, 3.05) is 12.9 Å². The van der Waals surface area contributed by atoms with E-state index in [1.807, 2.05) is 30.3 Å². The minimum atomic E-state index is -3.48. The van der Waals surface area contributed by atoms with E-state index in [9.17, 15) is 18.0 Å². The van der Waals surface area contributed by atoms with E-state index in [1.54, 1.807) is 6.92 Å². The van der Waals surface area contributed by atoms with Gasteiger partial charge in [-0.1, -0.05) is 35.1 Å². The van der Waals surface area contributed by atoms with E-state index in [-0.39, 0.29) is 34.2 Å². The number of benzene rings is 2. The van der Waals surface area contributed by atoms with Crippen LogP contribution >= 0.6 is 11.8 Å². The zero-order valence-corrected chi connectivity index (χ0v) is 19.5. The topological polar surface area (TPSA) is 89.9 Å². The summed E-state index contributed by atoms with van der Waals surface area (Å²) in [5, 5.41) is 4.01. The SMILES string of the molecule is CON=C1CCS(=O)(=O)c2ccc(C(=O)C3=C(Sc4ccccc4)CCCC3=O)c(C)c21. The van der Waals surface area contributed by atoms with Crippen molar-refractivity contribution < 1.29 is 22.8 Å². The molecule has 0 amide bonds. The van der Waals surface area contributed by atoms with Crippen LogP contribution < -0.4 is 0 Å². The number of hydrogen-bond acceptors (Lipinski definition) is 7. The summed E-state index contributed by atoms with van der Waals surface area (Å²) in [6.45, 7) is 1.70. The Hall–Kier alpha value is -2.71. The normalized spacial score (nSPS) is 19.1. The average Bonchev–Trinajstić information content (AvgIpc) is 2.76. The zero-order chi connectivity index (χ0) is 22.9. The Kier molecular flexibility index (Phi) is 6.35. The lowest BCUT2D eigenvalue weighted by Gasteiger charge is -2.23. The van der Waals surface area contributed by atoms with Gasteiger partial charge in [0, 0.05) is 33.8 Å². The summed E-state index contributed by atoms with van der Waals surface area (Å²) >= 11 is 1.44. The molecule has 0 bridgehead atoms. The molecule has 0 fully saturated rings. The molecule has 8 heteroatoms. The highest BCUT2D eigenvalue weighted by Crippen LogP contribution is 2.38. The molecule has 0 aromatic heterocycles. The smallest absolute Gasteiger partial charge is 0.197 e. The molecule has 4 rings (SSSR count). The van der Waals surface area contributed by atoms with Crippen molar-refractivity contribution in [2.45, 2.75) is 42.4 Å². The second-order valence-electron chi connectivity index (χ2n) is 7.72. The summed E-state index contributed by atoms with van der Waals surface area (Å²) in [5.74, 6) is -0.598. The molecule has 2 aromatic carbocycles. The summed E-state index contributed by atoms with van der Waals surface area (Å²) in [6.07, 6.45) is 1.89. The van der Waals surface area contributed by atoms with Crippen LogP contribution in [0.25, 0.3) is 0 Å². The molecule has 0 N–H and O–H groups in total. The predicted molar refractivity (Wildman–Crippen MR) is 124 cm³/mol. The van der Waals surface area contributed by atoms with Gasteiger partial charge < -0.3 is 4.84 Å². The molecule has 166 valence electrons. The Labute approximate surface area is 191 Å². The number of oxime groups is 1. The lowest BCUT2D eigenvalue weighted by atomic mass is 9.88. The van der Waals surface area contributed by atoms with E-state index in [0.29, 0.717) is 41.7 Å². The molecular weight excluding hydrogens is 446 g/mol. The fraction of sp³-hybridized carbons (Fsp3) is 0.292. The zero-order valence-electron chi connectivity index (χ0n) is 17.9. The van der Waals surface area contributed by atoms with Crippen molar-refractivity contribution in [3.63, 3.8) is 0 Å². The molecule has 0 atom stereocenters. The minimum absolute atomic E-state index is 0.0591. The molecule has 0 saturated carbocycles. The maximum absolute atomic E-state index is 13.6. The van der Waals surface area contributed by atoms with Gasteiger partial charge in [-0.05, 0) is 49.6 Å². The number of Topliss-reactive ketones (excluding diaryl/α,β-unsaturated/α-hetero) is 2. The summed E-state index contributed by atoms with van der Waals surface area (Å²) in [6, 6.07) is 12.6. The summed E-state index contributed by atoms with van der Waals surface area (Å²) < 4.78 is 25.2. The number of fused-ring (bicyclic) bond motifs is 1. The number of thioether (sulfide) groups is 1. The third-order valence-corrected chi connectivity index (χ3v) is 8.60. The Morgan fingerprint density at radius 3 is 2.53 bits per heavy atom. The second kappa shape index (κ2) is 9.03. The maximum atomic E-state index is 13.6. The summed E-state index contributed by atoms with van der Waals surface area (Å²) in [7, 11) is -2.07. The number of sulfone groups is 1. The number of ketones is 2. The van der Waals surface area contributed by atoms with Crippen molar-refractivity contribution in [2.24, 2.45) is 5.16 Å². The predicted octanol–water partition coefficient (Wildman–Crippen LogP) is 4.51. The van der Waals surface area contributed by atoms with Crippen LogP contribution in [-0.2, 0) is 19.5 Å². The number of allylic oxidation sites excluding steroid dienone is 2. The lowest BCUT2D eigenvalue weighted by Crippen LogP contribution is -2.25. The fourth-order valence-corrected chi connectivity index (χ4v) is 6.83. The van der Waals surface area contributed by atoms with E-state index in [2.05, 4.69) is 5.16 Å². The van der Waals surface area contributed by atoms with E-state index in [4.69, 9.17) is 4.84 Å². The number of hydrogen-bond donors (Lipinski definition) is 0. The monoisotopic (exact) mass is 469 g/mol. The first-order valence-electron chi connectivity index (χ1n) is 10.3. The third-order valence-electron chi connectivity index (χ3n) is 5.68. The quantitative estimate of drug-likeness (QED) is 0.364. The third kappa shape index (κ3) is 4.17. The van der Waals surface area contributed by atoms with E-state index in [1.165, 1.54) is 31.0 Å². The highest BCUT2D eigenvalue weighted by atomic mass is 32.2. The molecule has 2 aromatic rings. The number of rotatable bonds is 5. The van der Waals surface area contributed by atoms with Gasteiger partial charge in [-0.2, -0.15) is 0 Å². The van der Waals surface area contributed by atoms with E-state index >= 15 is 0 Å². The number of carbonyl (C=O) groups is 2. The van der Waals surface area contributed by atoms with Crippen molar-refractivity contribution in [1.29, 1.82) is 0 Å². The minimum Gasteiger partial charge on any atom is -0.399 e. The average molecular weight is 470 g/mol. The van der Waals surface area contributed by atoms with Crippen LogP contribution in [0.15, 0.2) is 67.9 Å². The largest absolute Gasteiger partial charge is 0.399 e. The standard InChI is InChI=1S/C24H23NO5S2/c1-15-17(11-12-21-22(15)18(25-30-2)13-14-32(21,28)29)24(27)23-19(26)9-6-10-20(23)31-16-7-4-3-5-8-16/h3-5,7-8,11-12H,6,9-10,13-14H2,1-2H3. The molecule has 1 aliphatic heterocycles. The van der Waals surface area contributed by atoms with Crippen LogP contribution in [0.2, 0.25) is 0 Å². The molecule has 0 radical (unpaired) electrons. The van der Waals surface area contributed by atoms with Gasteiger partial charge in [0.05, 0.1) is 21.9 Å². The second-order valence-corrected chi connectivity index (χ2v) is 11.0. The molecule has 0 saturated heterocycles. The molecular formula is C24H23NO5S2. The van der Waals surface area contributed by atoms with Crippen LogP contribution in [0.3, 0.4) is 0 Å². The van der Waals surface area contributed by atoms with E-state index < -0.39 is 9.84 Å². The first-order valence-corrected chi connectivity index (χ1v) is 12.8. The van der Waals surface area contributed by atoms with Crippen molar-refractivity contribution >= 4 is 38.9 Å². The molecule has 32 heavy (non-hydrogen) atoms. The summed E-state index contributed by atoms with van der Waals surface area (Å²) in [4.78, 5) is 33.3. The highest BCUT2D eigenvalue weighted by molar-refractivity contribution is 8.03. The van der Waals surface area contributed by atoms with Crippen molar-refractivity contribution in [3.8, 4) is 0 Å². The van der Waals surface area contributed by atoms with Gasteiger partial charge in [0.15, 0.2) is 21.4 Å². The van der Waals surface area contributed by atoms with Gasteiger partial charge >= 0.3 is 0 Å². The van der Waals surface area contributed by atoms with Crippen LogP contribution in [-0.4, -0.2) is 38.6 Å². The van der Waals surface area contributed by atoms with Gasteiger partial charge in [-0.25, -0.2) is 8.42 Å². The van der Waals surface area contributed by atoms with Gasteiger partial charge in [0.1, 0.15) is 7.11 Å². The Balaban J connectivity index is 1.84. The molecule has 1 heterocycles. The van der Waals surface area contributed by atoms with Crippen LogP contribution in [0, 0.1) is 6.92 Å². The van der Waals surface area contributed by atoms with Gasteiger partial charge in [0.25, 0.3) is 0 Å². The van der Waals surface area contributed by atoms with Gasteiger partial charge in [-0.3, -0.25) is 9.59 Å². The molecule has 0 spiro atoms.